The topological polar surface area (TPSA) is 83.5 Å². The molecular formula is C11H6F3NO4S2. The highest BCUT2D eigenvalue weighted by Crippen LogP contribution is 2.26. The molecule has 10 heteroatoms. The van der Waals surface area contributed by atoms with E-state index in [0.29, 0.717) is 17.4 Å². The van der Waals surface area contributed by atoms with Crippen LogP contribution in [0.15, 0.2) is 28.5 Å². The molecule has 2 rings (SSSR count). The molecule has 0 aliphatic heterocycles. The Kier molecular flexibility index (Phi) is 3.92. The van der Waals surface area contributed by atoms with Gasteiger partial charge in [0.2, 0.25) is 0 Å². The maximum Gasteiger partial charge on any atom is 0.345 e. The number of anilines is 1. The molecule has 0 atom stereocenters. The van der Waals surface area contributed by atoms with Crippen LogP contribution in [0.5, 0.6) is 0 Å². The number of aromatic carboxylic acids is 1. The first kappa shape index (κ1) is 15.3. The van der Waals surface area contributed by atoms with E-state index in [4.69, 9.17) is 5.11 Å². The van der Waals surface area contributed by atoms with Crippen molar-refractivity contribution < 1.29 is 31.5 Å². The molecule has 0 radical (unpaired) electrons. The van der Waals surface area contributed by atoms with Crippen molar-refractivity contribution in [3.05, 3.63) is 46.6 Å². The first-order valence-electron chi connectivity index (χ1n) is 5.21. The quantitative estimate of drug-likeness (QED) is 0.840. The third-order valence-corrected chi connectivity index (χ3v) is 5.22. The molecule has 5 nitrogen and oxygen atoms in total. The Balaban J connectivity index is 2.39. The van der Waals surface area contributed by atoms with E-state index >= 15 is 0 Å². The van der Waals surface area contributed by atoms with E-state index in [2.05, 4.69) is 0 Å². The zero-order valence-electron chi connectivity index (χ0n) is 9.93. The van der Waals surface area contributed by atoms with Crippen molar-refractivity contribution in [3.63, 3.8) is 0 Å². The van der Waals surface area contributed by atoms with Crippen LogP contribution in [0.25, 0.3) is 0 Å². The number of halogens is 3. The van der Waals surface area contributed by atoms with Crippen LogP contribution in [0.1, 0.15) is 9.67 Å². The first-order chi connectivity index (χ1) is 9.70. The van der Waals surface area contributed by atoms with Gasteiger partial charge >= 0.3 is 5.97 Å². The van der Waals surface area contributed by atoms with Gasteiger partial charge in [0.25, 0.3) is 10.0 Å². The predicted molar refractivity (Wildman–Crippen MR) is 68.4 cm³/mol. The summed E-state index contributed by atoms with van der Waals surface area (Å²) < 4.78 is 64.4. The maximum absolute atomic E-state index is 13.4. The molecule has 112 valence electrons. The lowest BCUT2D eigenvalue weighted by Gasteiger charge is -2.07. The van der Waals surface area contributed by atoms with Crippen molar-refractivity contribution in [3.8, 4) is 0 Å². The number of hydrogen-bond acceptors (Lipinski definition) is 4. The monoisotopic (exact) mass is 337 g/mol. The van der Waals surface area contributed by atoms with Gasteiger partial charge in [-0.2, -0.15) is 0 Å². The van der Waals surface area contributed by atoms with Gasteiger partial charge in [0, 0.05) is 12.1 Å². The summed E-state index contributed by atoms with van der Waals surface area (Å²) in [6.07, 6.45) is 0. The van der Waals surface area contributed by atoms with Crippen LogP contribution in [0.4, 0.5) is 18.9 Å². The number of nitrogens with one attached hydrogen (secondary N) is 1. The smallest absolute Gasteiger partial charge is 0.345 e. The molecule has 0 unspecified atom stereocenters. The van der Waals surface area contributed by atoms with Gasteiger partial charge in [0.1, 0.15) is 14.9 Å². The molecule has 2 aromatic rings. The molecule has 1 heterocycles. The van der Waals surface area contributed by atoms with Gasteiger partial charge < -0.3 is 5.11 Å². The van der Waals surface area contributed by atoms with Gasteiger partial charge in [-0.3, -0.25) is 4.72 Å². The second kappa shape index (κ2) is 5.37. The lowest BCUT2D eigenvalue weighted by Crippen LogP contribution is -2.13. The van der Waals surface area contributed by atoms with Crippen LogP contribution in [0.3, 0.4) is 0 Å². The zero-order valence-corrected chi connectivity index (χ0v) is 11.6. The summed E-state index contributed by atoms with van der Waals surface area (Å²) in [7, 11) is -4.35. The molecule has 0 aliphatic carbocycles. The van der Waals surface area contributed by atoms with E-state index in [-0.39, 0.29) is 10.9 Å². The summed E-state index contributed by atoms with van der Waals surface area (Å²) >= 11 is 0.421. The van der Waals surface area contributed by atoms with Gasteiger partial charge in [0.05, 0.1) is 5.69 Å². The number of carboxylic acids is 1. The third-order valence-electron chi connectivity index (χ3n) is 2.29. The Hall–Kier alpha value is -2.07. The summed E-state index contributed by atoms with van der Waals surface area (Å²) in [5.74, 6) is -5.60. The molecule has 21 heavy (non-hydrogen) atoms. The molecular weight excluding hydrogens is 331 g/mol. The van der Waals surface area contributed by atoms with Gasteiger partial charge in [-0.1, -0.05) is 0 Å². The predicted octanol–water partition coefficient (Wildman–Crippen LogP) is 2.66. The highest BCUT2D eigenvalue weighted by molar-refractivity contribution is 7.94. The van der Waals surface area contributed by atoms with Crippen LogP contribution < -0.4 is 4.72 Å². The van der Waals surface area contributed by atoms with Gasteiger partial charge in [-0.15, -0.1) is 11.3 Å². The minimum atomic E-state index is -4.35. The zero-order chi connectivity index (χ0) is 15.8. The van der Waals surface area contributed by atoms with E-state index in [1.54, 1.807) is 4.72 Å². The number of hydrogen-bond donors (Lipinski definition) is 2. The lowest BCUT2D eigenvalue weighted by molar-refractivity contribution is 0.0702. The summed E-state index contributed by atoms with van der Waals surface area (Å²) in [6, 6.07) is 2.77. The maximum atomic E-state index is 13.4. The normalized spacial score (nSPS) is 11.4. The molecule has 1 aromatic heterocycles. The third kappa shape index (κ3) is 3.16. The number of benzene rings is 1. The van der Waals surface area contributed by atoms with Crippen molar-refractivity contribution >= 4 is 33.0 Å². The molecule has 2 N–H and O–H groups in total. The average molecular weight is 337 g/mol. The van der Waals surface area contributed by atoms with Crippen molar-refractivity contribution in [2.45, 2.75) is 4.21 Å². The number of carbonyl (C=O) groups is 1. The number of thiophene rings is 1. The first-order valence-corrected chi connectivity index (χ1v) is 7.51. The summed E-state index contributed by atoms with van der Waals surface area (Å²) in [6.45, 7) is 0. The van der Waals surface area contributed by atoms with E-state index in [1.165, 1.54) is 0 Å². The molecule has 0 saturated heterocycles. The molecule has 0 bridgehead atoms. The number of carboxylic acid groups (broad SMARTS) is 1. The number of rotatable bonds is 4. The van der Waals surface area contributed by atoms with Gasteiger partial charge in [-0.05, 0) is 12.1 Å². The molecule has 0 fully saturated rings. The molecule has 0 aliphatic rings. The van der Waals surface area contributed by atoms with Crippen LogP contribution >= 0.6 is 11.3 Å². The SMILES string of the molecule is O=C(O)c1ccc(S(=O)(=O)Nc2cc(F)cc(F)c2F)s1. The molecule has 0 amide bonds. The van der Waals surface area contributed by atoms with Crippen molar-refractivity contribution in [1.29, 1.82) is 0 Å². The second-order valence-corrected chi connectivity index (χ2v) is 6.77. The van der Waals surface area contributed by atoms with E-state index < -0.39 is 43.3 Å². The van der Waals surface area contributed by atoms with Gasteiger partial charge in [-0.25, -0.2) is 26.4 Å². The summed E-state index contributed by atoms with van der Waals surface area (Å²) in [4.78, 5) is 10.4. The van der Waals surface area contributed by atoms with Crippen molar-refractivity contribution in [2.75, 3.05) is 4.72 Å². The number of sulfonamides is 1. The van der Waals surface area contributed by atoms with Crippen LogP contribution in [0, 0.1) is 17.5 Å². The van der Waals surface area contributed by atoms with Crippen LogP contribution in [-0.4, -0.2) is 19.5 Å². The van der Waals surface area contributed by atoms with Crippen molar-refractivity contribution in [1.82, 2.24) is 0 Å². The molecule has 0 saturated carbocycles. The minimum absolute atomic E-state index is 0.249. The highest BCUT2D eigenvalue weighted by atomic mass is 32.2. The Morgan fingerprint density at radius 2 is 1.86 bits per heavy atom. The Labute approximate surface area is 120 Å². The fraction of sp³-hybridized carbons (Fsp3) is 0. The lowest BCUT2D eigenvalue weighted by atomic mass is 10.3. The van der Waals surface area contributed by atoms with E-state index in [1.807, 2.05) is 0 Å². The van der Waals surface area contributed by atoms with E-state index in [0.717, 1.165) is 12.1 Å². The fourth-order valence-corrected chi connectivity index (χ4v) is 3.60. The van der Waals surface area contributed by atoms with Gasteiger partial charge in [0.15, 0.2) is 11.6 Å². The van der Waals surface area contributed by atoms with Crippen LogP contribution in [-0.2, 0) is 10.0 Å². The largest absolute Gasteiger partial charge is 0.477 e. The Morgan fingerprint density at radius 3 is 2.43 bits per heavy atom. The highest BCUT2D eigenvalue weighted by Gasteiger charge is 2.22. The molecule has 1 aromatic carbocycles. The fourth-order valence-electron chi connectivity index (χ4n) is 1.40. The Bertz CT molecular complexity index is 817. The second-order valence-electron chi connectivity index (χ2n) is 3.78. The minimum Gasteiger partial charge on any atom is -0.477 e. The van der Waals surface area contributed by atoms with E-state index in [9.17, 15) is 26.4 Å². The van der Waals surface area contributed by atoms with Crippen molar-refractivity contribution in [2.24, 2.45) is 0 Å². The van der Waals surface area contributed by atoms with Crippen LogP contribution in [0.2, 0.25) is 0 Å². The summed E-state index contributed by atoms with van der Waals surface area (Å²) in [5, 5.41) is 8.71. The Morgan fingerprint density at radius 1 is 1.19 bits per heavy atom. The standard InChI is InChI=1S/C11H6F3NO4S2/c12-5-3-6(13)10(14)7(4-5)15-21(18,19)9-2-1-8(20-9)11(16)17/h1-4,15H,(H,16,17). The molecule has 0 spiro atoms. The average Bonchev–Trinajstić information content (AvgIpc) is 2.85. The summed E-state index contributed by atoms with van der Waals surface area (Å²) in [5.41, 5.74) is -0.905.